The van der Waals surface area contributed by atoms with Crippen LogP contribution in [0.1, 0.15) is 19.8 Å². The summed E-state index contributed by atoms with van der Waals surface area (Å²) in [4.78, 5) is 0. The van der Waals surface area contributed by atoms with E-state index in [0.717, 1.165) is 6.42 Å². The summed E-state index contributed by atoms with van der Waals surface area (Å²) in [6, 6.07) is 0.114. The second-order valence-corrected chi connectivity index (χ2v) is 5.07. The number of rotatable bonds is 2. The van der Waals surface area contributed by atoms with E-state index in [2.05, 4.69) is 0 Å². The van der Waals surface area contributed by atoms with Gasteiger partial charge in [0.15, 0.2) is 0 Å². The molecule has 0 spiro atoms. The van der Waals surface area contributed by atoms with Gasteiger partial charge in [-0.3, -0.25) is 0 Å². The molecule has 78 valence electrons. The molecule has 6 heteroatoms. The maximum absolute atomic E-state index is 11.0. The molecule has 1 heterocycles. The van der Waals surface area contributed by atoms with Gasteiger partial charge in [0.2, 0.25) is 0 Å². The third-order valence-corrected chi connectivity index (χ3v) is 3.69. The van der Waals surface area contributed by atoms with Crippen molar-refractivity contribution in [3.05, 3.63) is 0 Å². The first-order valence-electron chi connectivity index (χ1n) is 4.48. The minimum atomic E-state index is -3.51. The molecular formula is C7H17N3O2S. The van der Waals surface area contributed by atoms with Crippen molar-refractivity contribution in [3.8, 4) is 0 Å². The lowest BCUT2D eigenvalue weighted by molar-refractivity contribution is 0.230. The summed E-state index contributed by atoms with van der Waals surface area (Å²) in [7, 11) is -3.51. The Bertz CT molecular complexity index is 265. The summed E-state index contributed by atoms with van der Waals surface area (Å²) in [5.41, 5.74) is 5.83. The molecule has 0 aromatic heterocycles. The topological polar surface area (TPSA) is 89.4 Å². The first-order valence-corrected chi connectivity index (χ1v) is 5.99. The van der Waals surface area contributed by atoms with Gasteiger partial charge >= 0.3 is 0 Å². The molecule has 2 atom stereocenters. The molecule has 2 unspecified atom stereocenters. The SMILES string of the molecule is CCC1CN(S(N)(=O)=O)CCC1N. The second kappa shape index (κ2) is 3.91. The van der Waals surface area contributed by atoms with Crippen molar-refractivity contribution in [1.82, 2.24) is 4.31 Å². The molecule has 1 aliphatic heterocycles. The van der Waals surface area contributed by atoms with Gasteiger partial charge in [0.05, 0.1) is 0 Å². The summed E-state index contributed by atoms with van der Waals surface area (Å²) in [5.74, 6) is 0.243. The van der Waals surface area contributed by atoms with E-state index in [9.17, 15) is 8.42 Å². The summed E-state index contributed by atoms with van der Waals surface area (Å²) in [6.07, 6.45) is 1.60. The van der Waals surface area contributed by atoms with Crippen LogP contribution in [0.3, 0.4) is 0 Å². The average molecular weight is 207 g/mol. The lowest BCUT2D eigenvalue weighted by atomic mass is 9.92. The Kier molecular flexibility index (Phi) is 3.28. The Morgan fingerprint density at radius 3 is 2.62 bits per heavy atom. The number of hydrogen-bond donors (Lipinski definition) is 2. The predicted octanol–water partition coefficient (Wildman–Crippen LogP) is -0.751. The van der Waals surface area contributed by atoms with Crippen molar-refractivity contribution < 1.29 is 8.42 Å². The van der Waals surface area contributed by atoms with Gasteiger partial charge in [0.1, 0.15) is 0 Å². The molecule has 5 nitrogen and oxygen atoms in total. The quantitative estimate of drug-likeness (QED) is 0.624. The highest BCUT2D eigenvalue weighted by Crippen LogP contribution is 2.19. The van der Waals surface area contributed by atoms with Gasteiger partial charge in [-0.25, -0.2) is 5.14 Å². The van der Waals surface area contributed by atoms with E-state index in [0.29, 0.717) is 19.5 Å². The van der Waals surface area contributed by atoms with Crippen LogP contribution in [0, 0.1) is 5.92 Å². The van der Waals surface area contributed by atoms with Crippen LogP contribution in [-0.4, -0.2) is 31.9 Å². The maximum atomic E-state index is 11.0. The Labute approximate surface area is 79.3 Å². The first kappa shape index (κ1) is 10.9. The van der Waals surface area contributed by atoms with Crippen LogP contribution in [0.5, 0.6) is 0 Å². The number of hydrogen-bond acceptors (Lipinski definition) is 3. The second-order valence-electron chi connectivity index (χ2n) is 3.52. The molecule has 0 amide bonds. The fourth-order valence-electron chi connectivity index (χ4n) is 1.68. The Morgan fingerprint density at radius 2 is 2.15 bits per heavy atom. The monoisotopic (exact) mass is 207 g/mol. The van der Waals surface area contributed by atoms with Crippen LogP contribution >= 0.6 is 0 Å². The molecule has 0 bridgehead atoms. The Hall–Kier alpha value is -0.170. The fraction of sp³-hybridized carbons (Fsp3) is 1.00. The summed E-state index contributed by atoms with van der Waals surface area (Å²) >= 11 is 0. The largest absolute Gasteiger partial charge is 0.327 e. The van der Waals surface area contributed by atoms with Gasteiger partial charge < -0.3 is 5.73 Å². The zero-order valence-corrected chi connectivity index (χ0v) is 8.63. The number of nitrogens with two attached hydrogens (primary N) is 2. The molecule has 13 heavy (non-hydrogen) atoms. The van der Waals surface area contributed by atoms with Crippen LogP contribution in [0.4, 0.5) is 0 Å². The zero-order valence-electron chi connectivity index (χ0n) is 7.81. The minimum Gasteiger partial charge on any atom is -0.327 e. The van der Waals surface area contributed by atoms with Gasteiger partial charge in [-0.1, -0.05) is 13.3 Å². The molecule has 0 radical (unpaired) electrons. The lowest BCUT2D eigenvalue weighted by Crippen LogP contribution is -2.50. The number of piperidine rings is 1. The van der Waals surface area contributed by atoms with E-state index in [-0.39, 0.29) is 12.0 Å². The molecular weight excluding hydrogens is 190 g/mol. The van der Waals surface area contributed by atoms with E-state index in [1.54, 1.807) is 0 Å². The molecule has 1 aliphatic rings. The average Bonchev–Trinajstić information content (AvgIpc) is 2.03. The van der Waals surface area contributed by atoms with Crippen molar-refractivity contribution in [1.29, 1.82) is 0 Å². The Balaban J connectivity index is 2.65. The third kappa shape index (κ3) is 2.63. The molecule has 0 aromatic carbocycles. The van der Waals surface area contributed by atoms with Crippen LogP contribution in [0.2, 0.25) is 0 Å². The van der Waals surface area contributed by atoms with Crippen LogP contribution in [0.15, 0.2) is 0 Å². The fourth-order valence-corrected chi connectivity index (χ4v) is 2.44. The van der Waals surface area contributed by atoms with Crippen LogP contribution in [0.25, 0.3) is 0 Å². The Morgan fingerprint density at radius 1 is 1.54 bits per heavy atom. The van der Waals surface area contributed by atoms with E-state index in [4.69, 9.17) is 10.9 Å². The standard InChI is InChI=1S/C7H17N3O2S/c1-2-6-5-10(13(9,11)12)4-3-7(6)8/h6-7H,2-5,8H2,1H3,(H2,9,11,12). The van der Waals surface area contributed by atoms with E-state index in [1.165, 1.54) is 4.31 Å². The molecule has 1 rings (SSSR count). The van der Waals surface area contributed by atoms with Crippen LogP contribution in [-0.2, 0) is 10.2 Å². The van der Waals surface area contributed by atoms with E-state index >= 15 is 0 Å². The highest BCUT2D eigenvalue weighted by atomic mass is 32.2. The van der Waals surface area contributed by atoms with Crippen molar-refractivity contribution in [2.75, 3.05) is 13.1 Å². The van der Waals surface area contributed by atoms with Crippen molar-refractivity contribution in [3.63, 3.8) is 0 Å². The minimum absolute atomic E-state index is 0.114. The maximum Gasteiger partial charge on any atom is 0.276 e. The van der Waals surface area contributed by atoms with E-state index < -0.39 is 10.2 Å². The smallest absolute Gasteiger partial charge is 0.276 e. The normalized spacial score (nSPS) is 31.9. The summed E-state index contributed by atoms with van der Waals surface area (Å²) in [6.45, 7) is 2.93. The zero-order chi connectivity index (χ0) is 10.1. The van der Waals surface area contributed by atoms with Crippen LogP contribution < -0.4 is 10.9 Å². The van der Waals surface area contributed by atoms with Gasteiger partial charge in [-0.05, 0) is 12.3 Å². The third-order valence-electron chi connectivity index (χ3n) is 2.64. The predicted molar refractivity (Wildman–Crippen MR) is 51.1 cm³/mol. The highest BCUT2D eigenvalue weighted by Gasteiger charge is 2.30. The van der Waals surface area contributed by atoms with Gasteiger partial charge in [-0.2, -0.15) is 12.7 Å². The van der Waals surface area contributed by atoms with Crippen molar-refractivity contribution in [2.45, 2.75) is 25.8 Å². The summed E-state index contributed by atoms with van der Waals surface area (Å²) in [5, 5.41) is 5.03. The number of nitrogens with zero attached hydrogens (tertiary/aromatic N) is 1. The molecule has 0 saturated carbocycles. The highest BCUT2D eigenvalue weighted by molar-refractivity contribution is 7.86. The molecule has 1 saturated heterocycles. The molecule has 1 fully saturated rings. The van der Waals surface area contributed by atoms with Crippen molar-refractivity contribution >= 4 is 10.2 Å². The molecule has 0 aliphatic carbocycles. The van der Waals surface area contributed by atoms with E-state index in [1.807, 2.05) is 6.92 Å². The lowest BCUT2D eigenvalue weighted by Gasteiger charge is -2.34. The van der Waals surface area contributed by atoms with Crippen molar-refractivity contribution in [2.24, 2.45) is 16.8 Å². The molecule has 4 N–H and O–H groups in total. The van der Waals surface area contributed by atoms with Gasteiger partial charge in [-0.15, -0.1) is 0 Å². The molecule has 0 aromatic rings. The van der Waals surface area contributed by atoms with Gasteiger partial charge in [0, 0.05) is 19.1 Å². The first-order chi connectivity index (χ1) is 5.95. The summed E-state index contributed by atoms with van der Waals surface area (Å²) < 4.78 is 23.3. The van der Waals surface area contributed by atoms with Gasteiger partial charge in [0.25, 0.3) is 10.2 Å².